The summed E-state index contributed by atoms with van der Waals surface area (Å²) in [5.74, 6) is 0. The van der Waals surface area contributed by atoms with Crippen LogP contribution in [0.25, 0.3) is 30.8 Å². The molecule has 0 fully saturated rings. The first-order chi connectivity index (χ1) is 4.25. The van der Waals surface area contributed by atoms with Crippen LogP contribution in [-0.2, 0) is 27.4 Å². The molecule has 14 heteroatoms. The molecule has 0 aromatic carbocycles. The van der Waals surface area contributed by atoms with Gasteiger partial charge in [-0.15, -0.1) is 0 Å². The Bertz CT molecular complexity index is 186. The van der Waals surface area contributed by atoms with Crippen LogP contribution in [0.15, 0.2) is 0 Å². The minimum absolute atomic E-state index is 0. The summed E-state index contributed by atoms with van der Waals surface area (Å²) in [6, 6.07) is 0. The van der Waals surface area contributed by atoms with Crippen LogP contribution in [0, 0.1) is 0 Å². The van der Waals surface area contributed by atoms with Gasteiger partial charge in [-0.1, -0.05) is 0 Å². The van der Waals surface area contributed by atoms with Crippen molar-refractivity contribution in [2.24, 2.45) is 0 Å². The summed E-state index contributed by atoms with van der Waals surface area (Å²) in [5.41, 5.74) is -5.53. The summed E-state index contributed by atoms with van der Waals surface area (Å²) >= 11 is 1.82. The van der Waals surface area contributed by atoms with Gasteiger partial charge < -0.3 is 30.8 Å². The number of halogens is 4. The van der Waals surface area contributed by atoms with Gasteiger partial charge in [0.25, 0.3) is 0 Å². The third-order valence-electron chi connectivity index (χ3n) is 0.292. The van der Waals surface area contributed by atoms with E-state index in [1.807, 2.05) is 17.3 Å². The second kappa shape index (κ2) is 16.8. The third kappa shape index (κ3) is 25.1. The topological polar surface area (TPSA) is 222 Å². The van der Waals surface area contributed by atoms with Gasteiger partial charge in [0.15, 0.2) is 0 Å². The first-order valence-corrected chi connectivity index (χ1v) is 5.10. The molecule has 0 atom stereocenters. The van der Waals surface area contributed by atoms with Gasteiger partial charge in [0, 0.05) is 0 Å². The second-order valence-electron chi connectivity index (χ2n) is 0.921. The van der Waals surface area contributed by atoms with Gasteiger partial charge in [0.1, 0.15) is 0 Å². The van der Waals surface area contributed by atoms with E-state index in [2.05, 4.69) is 9.69 Å². The molecule has 0 bridgehead atoms. The van der Waals surface area contributed by atoms with Crippen molar-refractivity contribution in [3.63, 3.8) is 0 Å². The molecule has 0 rings (SSSR count). The van der Waals surface area contributed by atoms with E-state index in [9.17, 15) is 13.2 Å². The Morgan fingerprint density at radius 2 is 1.00 bits per heavy atom. The van der Waals surface area contributed by atoms with E-state index in [4.69, 9.17) is 13.0 Å². The Kier molecular flexibility index (Phi) is 50.8. The number of hydrogen-bond acceptors (Lipinski definition) is 2. The van der Waals surface area contributed by atoms with E-state index in [0.717, 1.165) is 0 Å². The third-order valence-corrected chi connectivity index (χ3v) is 0.877. The molecule has 0 aliphatic rings. The SMILES string of the molecule is O=S(=O)(O)C(F)(F)F.[Cl][Ru].[NH2-].[NH2-].[NH2-].[NH2-].[NH2-]. The van der Waals surface area contributed by atoms with Gasteiger partial charge in [0.2, 0.25) is 0 Å². The molecule has 8 nitrogen and oxygen atoms in total. The fourth-order valence-corrected chi connectivity index (χ4v) is 0. The molecular formula is CH11ClF3N5O3RuS-5. The summed E-state index contributed by atoms with van der Waals surface area (Å²) in [4.78, 5) is 0. The number of alkyl halides is 3. The van der Waals surface area contributed by atoms with Crippen LogP contribution in [0.4, 0.5) is 13.2 Å². The maximum Gasteiger partial charge on any atom is -0.693 e. The number of nitrogens with two attached hydrogens (primary N) is 5. The van der Waals surface area contributed by atoms with Crippen molar-refractivity contribution in [3.05, 3.63) is 30.8 Å². The van der Waals surface area contributed by atoms with Crippen molar-refractivity contribution < 1.29 is 43.5 Å². The van der Waals surface area contributed by atoms with Crippen LogP contribution < -0.4 is 0 Å². The summed E-state index contributed by atoms with van der Waals surface area (Å²) < 4.78 is 57.5. The number of hydrogen-bond donors (Lipinski definition) is 1. The molecule has 0 radical (unpaired) electrons. The smallest absolute Gasteiger partial charge is 0.693 e. The maximum atomic E-state index is 10.7. The molecule has 0 aliphatic heterocycles. The largest absolute Gasteiger partial charge is 0.693 e. The molecule has 105 valence electrons. The van der Waals surface area contributed by atoms with Gasteiger partial charge in [-0.25, -0.2) is 0 Å². The van der Waals surface area contributed by atoms with Crippen LogP contribution >= 0.6 is 9.69 Å². The van der Waals surface area contributed by atoms with E-state index in [0.29, 0.717) is 0 Å². The summed E-state index contributed by atoms with van der Waals surface area (Å²) in [7, 11) is -1.27. The Morgan fingerprint density at radius 3 is 1.00 bits per heavy atom. The monoisotopic (exact) mass is 367 g/mol. The normalized spacial score (nSPS) is 7.87. The summed E-state index contributed by atoms with van der Waals surface area (Å²) in [6.07, 6.45) is 0. The number of rotatable bonds is 0. The average Bonchev–Trinajstić information content (AvgIpc) is 1.66. The Hall–Kier alpha value is 0.413. The van der Waals surface area contributed by atoms with Gasteiger partial charge >= 0.3 is 42.6 Å². The Labute approximate surface area is 99.7 Å². The molecule has 0 aliphatic carbocycles. The van der Waals surface area contributed by atoms with E-state index in [-0.39, 0.29) is 30.8 Å². The van der Waals surface area contributed by atoms with Gasteiger partial charge in [0.05, 0.1) is 0 Å². The zero-order chi connectivity index (χ0) is 9.00. The van der Waals surface area contributed by atoms with Crippen LogP contribution in [0.1, 0.15) is 0 Å². The fraction of sp³-hybridized carbons (Fsp3) is 1.00. The molecule has 11 N–H and O–H groups in total. The quantitative estimate of drug-likeness (QED) is 0.366. The summed E-state index contributed by atoms with van der Waals surface area (Å²) in [6.45, 7) is 0. The van der Waals surface area contributed by atoms with Crippen molar-refractivity contribution >= 4 is 19.8 Å². The van der Waals surface area contributed by atoms with Crippen LogP contribution in [-0.4, -0.2) is 18.5 Å². The molecule has 0 saturated carbocycles. The van der Waals surface area contributed by atoms with E-state index in [1.54, 1.807) is 0 Å². The van der Waals surface area contributed by atoms with Gasteiger partial charge in [-0.2, -0.15) is 21.6 Å². The van der Waals surface area contributed by atoms with Crippen molar-refractivity contribution in [2.45, 2.75) is 5.51 Å². The first-order valence-electron chi connectivity index (χ1n) is 1.42. The molecule has 0 saturated heterocycles. The predicted octanol–water partition coefficient (Wildman–Crippen LogP) is 4.67. The van der Waals surface area contributed by atoms with E-state index >= 15 is 0 Å². The minimum atomic E-state index is -5.84. The average molecular weight is 367 g/mol. The Balaban J connectivity index is -0.0000000172. The van der Waals surface area contributed by atoms with Crippen molar-refractivity contribution in [2.75, 3.05) is 0 Å². The second-order valence-corrected chi connectivity index (χ2v) is 2.33. The minimum Gasteiger partial charge on any atom is -0.693 e. The van der Waals surface area contributed by atoms with Crippen molar-refractivity contribution in [3.8, 4) is 0 Å². The molecule has 0 aromatic rings. The standard InChI is InChI=1S/CHF3O3S.ClH.5H2N.Ru/c2-1(3,4)8(5,6)7;;;;;;;/h(H,5,6,7);1H;5*1H2;/q;;5*-1;+1/p-1. The molecule has 0 spiro atoms. The molecule has 0 amide bonds. The predicted molar refractivity (Wildman–Crippen MR) is 49.9 cm³/mol. The van der Waals surface area contributed by atoms with Crippen LogP contribution in [0.5, 0.6) is 0 Å². The Morgan fingerprint density at radius 1 is 0.933 bits per heavy atom. The maximum absolute atomic E-state index is 10.7. The van der Waals surface area contributed by atoms with Gasteiger partial charge in [-0.05, 0) is 0 Å². The molecule has 0 heterocycles. The van der Waals surface area contributed by atoms with E-state index in [1.165, 1.54) is 0 Å². The molecule has 0 aromatic heterocycles. The molecular weight excluding hydrogens is 356 g/mol. The van der Waals surface area contributed by atoms with Gasteiger partial charge in [-0.3, -0.25) is 4.55 Å². The zero-order valence-electron chi connectivity index (χ0n) is 6.92. The van der Waals surface area contributed by atoms with Crippen LogP contribution in [0.3, 0.4) is 0 Å². The summed E-state index contributed by atoms with van der Waals surface area (Å²) in [5, 5.41) is 0. The van der Waals surface area contributed by atoms with E-state index < -0.39 is 15.6 Å². The fourth-order valence-electron chi connectivity index (χ4n) is 0. The molecule has 0 unspecified atom stereocenters. The van der Waals surface area contributed by atoms with Crippen molar-refractivity contribution in [1.82, 2.24) is 0 Å². The molecule has 15 heavy (non-hydrogen) atoms. The van der Waals surface area contributed by atoms with Crippen molar-refractivity contribution in [1.29, 1.82) is 0 Å². The zero-order valence-corrected chi connectivity index (χ0v) is 10.2. The first kappa shape index (κ1) is 45.2. The van der Waals surface area contributed by atoms with Crippen LogP contribution in [0.2, 0.25) is 0 Å².